The van der Waals surface area contributed by atoms with Gasteiger partial charge in [-0.2, -0.15) is 0 Å². The van der Waals surface area contributed by atoms with Crippen molar-refractivity contribution in [1.29, 1.82) is 0 Å². The van der Waals surface area contributed by atoms with Gasteiger partial charge < -0.3 is 15.2 Å². The molecule has 1 aromatic rings. The van der Waals surface area contributed by atoms with E-state index in [0.29, 0.717) is 11.5 Å². The third-order valence-electron chi connectivity index (χ3n) is 2.95. The number of fused-ring (bicyclic) bond motifs is 1. The molecule has 1 saturated carbocycles. The molecule has 3 nitrogen and oxygen atoms in total. The summed E-state index contributed by atoms with van der Waals surface area (Å²) in [4.78, 5) is 0. The molecule has 2 N–H and O–H groups in total. The largest absolute Gasteiger partial charge is 0.586 e. The fourth-order valence-electron chi connectivity index (χ4n) is 1.96. The molecule has 1 aliphatic heterocycles. The topological polar surface area (TPSA) is 44.5 Å². The Balaban J connectivity index is 0.00000108. The second-order valence-electron chi connectivity index (χ2n) is 4.21. The van der Waals surface area contributed by atoms with Crippen molar-refractivity contribution in [2.45, 2.75) is 25.2 Å². The minimum absolute atomic E-state index is 0. The highest BCUT2D eigenvalue weighted by Crippen LogP contribution is 2.49. The summed E-state index contributed by atoms with van der Waals surface area (Å²) in [5, 5.41) is 0. The molecule has 1 heterocycles. The quantitative estimate of drug-likeness (QED) is 0.892. The van der Waals surface area contributed by atoms with E-state index in [4.69, 9.17) is 5.73 Å². The summed E-state index contributed by atoms with van der Waals surface area (Å²) >= 11 is 0. The first-order chi connectivity index (χ1) is 7.57. The Bertz CT molecular complexity index is 437. The van der Waals surface area contributed by atoms with Crippen LogP contribution in [0.2, 0.25) is 0 Å². The summed E-state index contributed by atoms with van der Waals surface area (Å²) in [5.41, 5.74) is 6.59. The number of hydrogen-bond donors (Lipinski definition) is 1. The zero-order valence-electron chi connectivity index (χ0n) is 8.86. The number of para-hydroxylation sites is 1. The molecule has 0 unspecified atom stereocenters. The second-order valence-corrected chi connectivity index (χ2v) is 4.21. The van der Waals surface area contributed by atoms with Gasteiger partial charge in [0.25, 0.3) is 0 Å². The molecule has 1 aliphatic carbocycles. The molecule has 0 bridgehead atoms. The second kappa shape index (κ2) is 3.99. The molecule has 0 amide bonds. The summed E-state index contributed by atoms with van der Waals surface area (Å²) in [5.74, 6) is 0.537. The maximum atomic E-state index is 12.9. The third-order valence-corrected chi connectivity index (χ3v) is 2.95. The highest BCUT2D eigenvalue weighted by atomic mass is 35.5. The van der Waals surface area contributed by atoms with Gasteiger partial charge in [-0.15, -0.1) is 21.2 Å². The van der Waals surface area contributed by atoms with E-state index < -0.39 is 6.29 Å². The van der Waals surface area contributed by atoms with Gasteiger partial charge in [-0.05, 0) is 24.8 Å². The number of rotatable bonds is 2. The van der Waals surface area contributed by atoms with E-state index in [2.05, 4.69) is 9.47 Å². The molecule has 94 valence electrons. The van der Waals surface area contributed by atoms with Crippen LogP contribution in [0.3, 0.4) is 0 Å². The number of halogens is 3. The molecule has 2 aliphatic rings. The summed E-state index contributed by atoms with van der Waals surface area (Å²) in [6, 6.07) is 4.58. The van der Waals surface area contributed by atoms with Crippen LogP contribution < -0.4 is 15.2 Å². The number of benzene rings is 1. The van der Waals surface area contributed by atoms with Gasteiger partial charge in [-0.3, -0.25) is 0 Å². The molecular formula is C11H12ClF2NO2. The lowest BCUT2D eigenvalue weighted by Crippen LogP contribution is -2.26. The molecule has 0 radical (unpaired) electrons. The molecule has 0 aromatic heterocycles. The lowest BCUT2D eigenvalue weighted by atomic mass is 10.0. The lowest BCUT2D eigenvalue weighted by molar-refractivity contribution is -0.287. The molecule has 0 saturated heterocycles. The summed E-state index contributed by atoms with van der Waals surface area (Å²) in [7, 11) is 0. The van der Waals surface area contributed by atoms with Crippen LogP contribution in [0.15, 0.2) is 18.2 Å². The smallest absolute Gasteiger partial charge is 0.395 e. The Hall–Kier alpha value is -1.07. The Morgan fingerprint density at radius 3 is 2.65 bits per heavy atom. The van der Waals surface area contributed by atoms with Crippen LogP contribution in [0.25, 0.3) is 0 Å². The maximum Gasteiger partial charge on any atom is 0.586 e. The van der Waals surface area contributed by atoms with Crippen molar-refractivity contribution >= 4 is 12.4 Å². The molecule has 0 spiro atoms. The van der Waals surface area contributed by atoms with Gasteiger partial charge in [0.1, 0.15) is 0 Å². The predicted octanol–water partition coefficient (Wildman–Crippen LogP) is 2.84. The van der Waals surface area contributed by atoms with Gasteiger partial charge in [0.05, 0.1) is 0 Å². The summed E-state index contributed by atoms with van der Waals surface area (Å²) in [6.07, 6.45) is -1.48. The zero-order chi connectivity index (χ0) is 11.3. The fourth-order valence-corrected chi connectivity index (χ4v) is 1.96. The number of alkyl halides is 2. The van der Waals surface area contributed by atoms with Crippen molar-refractivity contribution in [3.63, 3.8) is 0 Å². The summed E-state index contributed by atoms with van der Waals surface area (Å²) in [6.45, 7) is 0. The van der Waals surface area contributed by atoms with E-state index in [1.54, 1.807) is 12.1 Å². The normalized spacial score (nSPS) is 21.8. The minimum Gasteiger partial charge on any atom is -0.395 e. The Morgan fingerprint density at radius 1 is 1.29 bits per heavy atom. The first kappa shape index (κ1) is 12.4. The van der Waals surface area contributed by atoms with E-state index in [0.717, 1.165) is 12.8 Å². The molecule has 6 heteroatoms. The Labute approximate surface area is 103 Å². The maximum absolute atomic E-state index is 12.9. The van der Waals surface area contributed by atoms with Gasteiger partial charge in [0, 0.05) is 11.6 Å². The lowest BCUT2D eigenvalue weighted by Gasteiger charge is -2.13. The van der Waals surface area contributed by atoms with Crippen LogP contribution in [0.1, 0.15) is 24.4 Å². The van der Waals surface area contributed by atoms with Crippen molar-refractivity contribution in [3.8, 4) is 11.5 Å². The van der Waals surface area contributed by atoms with E-state index in [9.17, 15) is 8.78 Å². The molecular weight excluding hydrogens is 252 g/mol. The molecule has 1 atom stereocenters. The Morgan fingerprint density at radius 2 is 2.00 bits per heavy atom. The summed E-state index contributed by atoms with van der Waals surface area (Å²) < 4.78 is 34.7. The third kappa shape index (κ3) is 2.17. The SMILES string of the molecule is Cl.N[C@@H](c1cccc2c1OC(F)(F)O2)C1CC1. The van der Waals surface area contributed by atoms with Crippen LogP contribution in [0.4, 0.5) is 8.78 Å². The minimum atomic E-state index is -3.57. The number of hydrogen-bond acceptors (Lipinski definition) is 3. The highest BCUT2D eigenvalue weighted by Gasteiger charge is 2.45. The zero-order valence-corrected chi connectivity index (χ0v) is 9.68. The van der Waals surface area contributed by atoms with E-state index in [1.807, 2.05) is 0 Å². The number of nitrogens with two attached hydrogens (primary N) is 1. The predicted molar refractivity (Wildman–Crippen MR) is 59.5 cm³/mol. The van der Waals surface area contributed by atoms with Crippen molar-refractivity contribution in [2.24, 2.45) is 11.7 Å². The van der Waals surface area contributed by atoms with Crippen LogP contribution in [-0.2, 0) is 0 Å². The number of ether oxygens (including phenoxy) is 2. The molecule has 1 aromatic carbocycles. The van der Waals surface area contributed by atoms with Gasteiger partial charge in [0.2, 0.25) is 0 Å². The van der Waals surface area contributed by atoms with Crippen molar-refractivity contribution < 1.29 is 18.3 Å². The van der Waals surface area contributed by atoms with Gasteiger partial charge >= 0.3 is 6.29 Å². The highest BCUT2D eigenvalue weighted by molar-refractivity contribution is 5.85. The van der Waals surface area contributed by atoms with Gasteiger partial charge in [-0.1, -0.05) is 12.1 Å². The van der Waals surface area contributed by atoms with Crippen molar-refractivity contribution in [3.05, 3.63) is 23.8 Å². The van der Waals surface area contributed by atoms with Gasteiger partial charge in [-0.25, -0.2) is 0 Å². The fraction of sp³-hybridized carbons (Fsp3) is 0.455. The van der Waals surface area contributed by atoms with E-state index in [-0.39, 0.29) is 29.9 Å². The van der Waals surface area contributed by atoms with Crippen LogP contribution in [-0.4, -0.2) is 6.29 Å². The Kier molecular flexibility index (Phi) is 2.91. The van der Waals surface area contributed by atoms with Crippen molar-refractivity contribution in [1.82, 2.24) is 0 Å². The van der Waals surface area contributed by atoms with E-state index in [1.165, 1.54) is 6.07 Å². The van der Waals surface area contributed by atoms with E-state index >= 15 is 0 Å². The van der Waals surface area contributed by atoms with Crippen LogP contribution >= 0.6 is 12.4 Å². The first-order valence-corrected chi connectivity index (χ1v) is 5.21. The molecule has 17 heavy (non-hydrogen) atoms. The van der Waals surface area contributed by atoms with Gasteiger partial charge in [0.15, 0.2) is 11.5 Å². The first-order valence-electron chi connectivity index (χ1n) is 5.21. The molecule has 3 rings (SSSR count). The standard InChI is InChI=1S/C11H11F2NO2.ClH/c12-11(13)15-8-3-1-2-7(10(8)16-11)9(14)6-4-5-6;/h1-3,6,9H,4-5,14H2;1H/t9-;/m1./s1. The van der Waals surface area contributed by atoms with Crippen molar-refractivity contribution in [2.75, 3.05) is 0 Å². The average Bonchev–Trinajstić information content (AvgIpc) is 2.98. The monoisotopic (exact) mass is 263 g/mol. The average molecular weight is 264 g/mol. The van der Waals surface area contributed by atoms with Crippen LogP contribution in [0, 0.1) is 5.92 Å². The molecule has 1 fully saturated rings. The van der Waals surface area contributed by atoms with Crippen LogP contribution in [0.5, 0.6) is 11.5 Å².